The van der Waals surface area contributed by atoms with Gasteiger partial charge in [0.25, 0.3) is 0 Å². The summed E-state index contributed by atoms with van der Waals surface area (Å²) in [5, 5.41) is 4.31. The minimum atomic E-state index is 0.792. The van der Waals surface area contributed by atoms with Gasteiger partial charge in [-0.1, -0.05) is 0 Å². The van der Waals surface area contributed by atoms with Crippen molar-refractivity contribution in [3.63, 3.8) is 0 Å². The smallest absolute Gasteiger partial charge is 0.137 e. The van der Waals surface area contributed by atoms with Crippen molar-refractivity contribution in [2.24, 2.45) is 0 Å². The first-order valence-corrected chi connectivity index (χ1v) is 6.07. The first-order chi connectivity index (χ1) is 6.24. The van der Waals surface area contributed by atoms with E-state index in [4.69, 9.17) is 4.74 Å². The predicted octanol–water partition coefficient (Wildman–Crippen LogP) is 2.68. The second-order valence-electron chi connectivity index (χ2n) is 2.58. The Morgan fingerprint density at radius 3 is 3.00 bits per heavy atom. The molecule has 0 atom stereocenters. The summed E-state index contributed by atoms with van der Waals surface area (Å²) in [6, 6.07) is 0. The molecule has 0 spiro atoms. The van der Waals surface area contributed by atoms with Crippen LogP contribution < -0.4 is 0 Å². The van der Waals surface area contributed by atoms with E-state index in [2.05, 4.69) is 43.6 Å². The SMILES string of the molecule is CCOCCCn1cc(Br)c(I)n1. The third-order valence-corrected chi connectivity index (χ3v) is 3.67. The number of hydrogen-bond acceptors (Lipinski definition) is 2. The molecule has 1 aromatic rings. The van der Waals surface area contributed by atoms with Gasteiger partial charge >= 0.3 is 0 Å². The van der Waals surface area contributed by atoms with Crippen LogP contribution >= 0.6 is 38.5 Å². The van der Waals surface area contributed by atoms with Gasteiger partial charge in [0.2, 0.25) is 0 Å². The highest BCUT2D eigenvalue weighted by Crippen LogP contribution is 2.16. The van der Waals surface area contributed by atoms with Crippen LogP contribution in [0, 0.1) is 3.70 Å². The zero-order valence-corrected chi connectivity index (χ0v) is 11.2. The van der Waals surface area contributed by atoms with E-state index in [1.54, 1.807) is 0 Å². The average molecular weight is 359 g/mol. The fourth-order valence-corrected chi connectivity index (χ4v) is 1.69. The molecule has 0 fully saturated rings. The van der Waals surface area contributed by atoms with Crippen molar-refractivity contribution in [2.45, 2.75) is 19.9 Å². The van der Waals surface area contributed by atoms with Gasteiger partial charge in [0, 0.05) is 26.0 Å². The van der Waals surface area contributed by atoms with E-state index < -0.39 is 0 Å². The van der Waals surface area contributed by atoms with Gasteiger partial charge in [0.1, 0.15) is 3.70 Å². The Morgan fingerprint density at radius 2 is 2.46 bits per heavy atom. The fraction of sp³-hybridized carbons (Fsp3) is 0.625. The van der Waals surface area contributed by atoms with Gasteiger partial charge in [0.15, 0.2) is 0 Å². The second kappa shape index (κ2) is 5.98. The topological polar surface area (TPSA) is 27.1 Å². The maximum Gasteiger partial charge on any atom is 0.137 e. The van der Waals surface area contributed by atoms with E-state index in [-0.39, 0.29) is 0 Å². The third kappa shape index (κ3) is 3.95. The van der Waals surface area contributed by atoms with Crippen molar-refractivity contribution in [3.8, 4) is 0 Å². The standard InChI is InChI=1S/C8H12BrIN2O/c1-2-13-5-3-4-12-6-7(9)8(10)11-12/h6H,2-5H2,1H3. The average Bonchev–Trinajstić information content (AvgIpc) is 2.41. The van der Waals surface area contributed by atoms with Crippen LogP contribution in [0.2, 0.25) is 0 Å². The number of ether oxygens (including phenoxy) is 1. The van der Waals surface area contributed by atoms with Crippen LogP contribution in [0.25, 0.3) is 0 Å². The molecule has 5 heteroatoms. The van der Waals surface area contributed by atoms with E-state index >= 15 is 0 Å². The molecule has 0 unspecified atom stereocenters. The summed E-state index contributed by atoms with van der Waals surface area (Å²) in [5.74, 6) is 0. The van der Waals surface area contributed by atoms with Gasteiger partial charge in [-0.05, 0) is 51.9 Å². The Bertz CT molecular complexity index is 245. The Balaban J connectivity index is 2.29. The number of nitrogens with zero attached hydrogens (tertiary/aromatic N) is 2. The van der Waals surface area contributed by atoms with Gasteiger partial charge in [-0.25, -0.2) is 0 Å². The van der Waals surface area contributed by atoms with Crippen molar-refractivity contribution in [2.75, 3.05) is 13.2 Å². The van der Waals surface area contributed by atoms with Crippen LogP contribution in [0.5, 0.6) is 0 Å². The van der Waals surface area contributed by atoms with Crippen LogP contribution in [0.4, 0.5) is 0 Å². The highest BCUT2D eigenvalue weighted by atomic mass is 127. The zero-order chi connectivity index (χ0) is 9.68. The molecule has 1 heterocycles. The molecule has 74 valence electrons. The highest BCUT2D eigenvalue weighted by molar-refractivity contribution is 14.1. The molecule has 0 saturated heterocycles. The Morgan fingerprint density at radius 1 is 1.69 bits per heavy atom. The molecule has 0 radical (unpaired) electrons. The minimum absolute atomic E-state index is 0.792. The molecule has 0 bridgehead atoms. The van der Waals surface area contributed by atoms with Crippen LogP contribution in [-0.2, 0) is 11.3 Å². The summed E-state index contributed by atoms with van der Waals surface area (Å²) >= 11 is 5.62. The van der Waals surface area contributed by atoms with Gasteiger partial charge in [-0.2, -0.15) is 5.10 Å². The first-order valence-electron chi connectivity index (χ1n) is 4.20. The maximum atomic E-state index is 5.24. The van der Waals surface area contributed by atoms with Crippen molar-refractivity contribution >= 4 is 38.5 Å². The molecule has 0 aromatic carbocycles. The molecule has 0 N–H and O–H groups in total. The molecule has 0 aliphatic rings. The van der Waals surface area contributed by atoms with E-state index in [9.17, 15) is 0 Å². The molecule has 13 heavy (non-hydrogen) atoms. The number of hydrogen-bond donors (Lipinski definition) is 0. The maximum absolute atomic E-state index is 5.24. The zero-order valence-electron chi connectivity index (χ0n) is 7.46. The normalized spacial score (nSPS) is 10.7. The molecule has 3 nitrogen and oxygen atoms in total. The second-order valence-corrected chi connectivity index (χ2v) is 4.46. The van der Waals surface area contributed by atoms with E-state index in [0.717, 1.165) is 34.4 Å². The molecule has 0 amide bonds. The summed E-state index contributed by atoms with van der Waals surface area (Å²) in [6.07, 6.45) is 3.01. The lowest BCUT2D eigenvalue weighted by Crippen LogP contribution is -2.03. The van der Waals surface area contributed by atoms with Crippen LogP contribution in [0.1, 0.15) is 13.3 Å². The first kappa shape index (κ1) is 11.5. The number of aromatic nitrogens is 2. The summed E-state index contributed by atoms with van der Waals surface area (Å²) in [6.45, 7) is 4.53. The van der Waals surface area contributed by atoms with Gasteiger partial charge in [-0.3, -0.25) is 4.68 Å². The molecule has 0 aliphatic carbocycles. The largest absolute Gasteiger partial charge is 0.382 e. The van der Waals surface area contributed by atoms with Crippen molar-refractivity contribution in [1.82, 2.24) is 9.78 Å². The van der Waals surface area contributed by atoms with Gasteiger partial charge < -0.3 is 4.74 Å². The number of halogens is 2. The molecule has 0 saturated carbocycles. The van der Waals surface area contributed by atoms with Crippen molar-refractivity contribution in [3.05, 3.63) is 14.4 Å². The lowest BCUT2D eigenvalue weighted by Gasteiger charge is -2.00. The number of rotatable bonds is 5. The quantitative estimate of drug-likeness (QED) is 0.597. The summed E-state index contributed by atoms with van der Waals surface area (Å²) in [7, 11) is 0. The van der Waals surface area contributed by atoms with Gasteiger partial charge in [-0.15, -0.1) is 0 Å². The molecule has 0 aliphatic heterocycles. The fourth-order valence-electron chi connectivity index (χ4n) is 0.961. The molecule has 1 rings (SSSR count). The molecule has 1 aromatic heterocycles. The summed E-state index contributed by atoms with van der Waals surface area (Å²) in [4.78, 5) is 0. The Kier molecular flexibility index (Phi) is 5.27. The molecular formula is C8H12BrIN2O. The highest BCUT2D eigenvalue weighted by Gasteiger charge is 2.01. The van der Waals surface area contributed by atoms with E-state index in [1.165, 1.54) is 0 Å². The van der Waals surface area contributed by atoms with Crippen LogP contribution in [0.3, 0.4) is 0 Å². The lowest BCUT2D eigenvalue weighted by atomic mass is 10.4. The molecular weight excluding hydrogens is 347 g/mol. The minimum Gasteiger partial charge on any atom is -0.382 e. The lowest BCUT2D eigenvalue weighted by molar-refractivity contribution is 0.141. The summed E-state index contributed by atoms with van der Waals surface area (Å²) < 4.78 is 9.24. The monoisotopic (exact) mass is 358 g/mol. The Labute approximate surface area is 100 Å². The van der Waals surface area contributed by atoms with E-state index in [0.29, 0.717) is 0 Å². The predicted molar refractivity (Wildman–Crippen MR) is 63.8 cm³/mol. The van der Waals surface area contributed by atoms with Crippen LogP contribution in [-0.4, -0.2) is 23.0 Å². The van der Waals surface area contributed by atoms with Crippen LogP contribution in [0.15, 0.2) is 10.7 Å². The van der Waals surface area contributed by atoms with Gasteiger partial charge in [0.05, 0.1) is 4.47 Å². The number of aryl methyl sites for hydroxylation is 1. The summed E-state index contributed by atoms with van der Waals surface area (Å²) in [5.41, 5.74) is 0. The van der Waals surface area contributed by atoms with E-state index in [1.807, 2.05) is 17.8 Å². The van der Waals surface area contributed by atoms with Crippen molar-refractivity contribution in [1.29, 1.82) is 0 Å². The van der Waals surface area contributed by atoms with Crippen molar-refractivity contribution < 1.29 is 4.74 Å². The Hall–Kier alpha value is 0.380. The third-order valence-electron chi connectivity index (χ3n) is 1.56.